The number of benzene rings is 2. The molecule has 3 heterocycles. The van der Waals surface area contributed by atoms with Gasteiger partial charge in [-0.2, -0.15) is 4.73 Å². The fraction of sp³-hybridized carbons (Fsp3) is 0.394. The quantitative estimate of drug-likeness (QED) is 0.279. The summed E-state index contributed by atoms with van der Waals surface area (Å²) in [4.78, 5) is 43.3. The molecule has 226 valence electrons. The van der Waals surface area contributed by atoms with Crippen LogP contribution in [0.3, 0.4) is 0 Å². The maximum absolute atomic E-state index is 13.7. The molecule has 2 aromatic carbocycles. The Bertz CT molecular complexity index is 1430. The standard InChI is InChI=1S/C33H39N5O5/c1-3-4-18-38-31(40)29(21-25-6-5-17-37(42)23-25)35-32(41)33(38)15-19-36(20-16-33)22-24-7-11-27(12-8-24)43-28-13-9-26(10-14-28)30(39)34-2/h5-14,17,23,29H,3-4,15-16,18-22H2,1-2H3,(H,34,39)(H,35,41). The lowest BCUT2D eigenvalue weighted by molar-refractivity contribution is -0.605. The number of ether oxygens (including phenoxy) is 1. The maximum atomic E-state index is 13.7. The summed E-state index contributed by atoms with van der Waals surface area (Å²) >= 11 is 0. The Kier molecular flexibility index (Phi) is 9.25. The molecule has 1 spiro atoms. The van der Waals surface area contributed by atoms with Crippen molar-refractivity contribution in [1.82, 2.24) is 20.4 Å². The Morgan fingerprint density at radius 1 is 1.05 bits per heavy atom. The Morgan fingerprint density at radius 2 is 1.72 bits per heavy atom. The van der Waals surface area contributed by atoms with Crippen LogP contribution in [-0.2, 0) is 22.6 Å². The summed E-state index contributed by atoms with van der Waals surface area (Å²) in [5.74, 6) is 1.04. The van der Waals surface area contributed by atoms with E-state index in [0.717, 1.165) is 24.9 Å². The number of hydrogen-bond donors (Lipinski definition) is 2. The number of piperidine rings is 1. The van der Waals surface area contributed by atoms with Gasteiger partial charge in [-0.05, 0) is 67.3 Å². The number of nitrogens with zero attached hydrogens (tertiary/aromatic N) is 3. The molecule has 2 fully saturated rings. The summed E-state index contributed by atoms with van der Waals surface area (Å²) in [7, 11) is 1.60. The summed E-state index contributed by atoms with van der Waals surface area (Å²) in [6.07, 6.45) is 6.03. The molecule has 1 aromatic heterocycles. The Balaban J connectivity index is 1.20. The molecule has 2 saturated heterocycles. The maximum Gasteiger partial charge on any atom is 0.251 e. The highest BCUT2D eigenvalue weighted by molar-refractivity contribution is 6.00. The monoisotopic (exact) mass is 585 g/mol. The number of pyridine rings is 1. The molecule has 1 atom stereocenters. The van der Waals surface area contributed by atoms with Gasteiger partial charge in [0, 0.05) is 56.8 Å². The van der Waals surface area contributed by atoms with Crippen LogP contribution in [0, 0.1) is 5.21 Å². The average Bonchev–Trinajstić information content (AvgIpc) is 3.02. The van der Waals surface area contributed by atoms with Gasteiger partial charge in [0.25, 0.3) is 5.91 Å². The number of piperazine rings is 1. The third-order valence-electron chi connectivity index (χ3n) is 8.41. The van der Waals surface area contributed by atoms with E-state index in [1.807, 2.05) is 29.2 Å². The van der Waals surface area contributed by atoms with E-state index in [9.17, 15) is 19.6 Å². The number of rotatable bonds is 10. The van der Waals surface area contributed by atoms with Crippen LogP contribution in [0.15, 0.2) is 73.1 Å². The zero-order chi connectivity index (χ0) is 30.4. The molecular weight excluding hydrogens is 546 g/mol. The van der Waals surface area contributed by atoms with Crippen molar-refractivity contribution in [3.63, 3.8) is 0 Å². The lowest BCUT2D eigenvalue weighted by Crippen LogP contribution is -2.73. The van der Waals surface area contributed by atoms with Gasteiger partial charge in [0.05, 0.1) is 0 Å². The Labute approximate surface area is 252 Å². The van der Waals surface area contributed by atoms with Crippen LogP contribution in [0.25, 0.3) is 0 Å². The molecular formula is C33H39N5O5. The Morgan fingerprint density at radius 3 is 2.35 bits per heavy atom. The highest BCUT2D eigenvalue weighted by Gasteiger charge is 2.53. The molecule has 1 unspecified atom stereocenters. The van der Waals surface area contributed by atoms with Crippen molar-refractivity contribution in [2.75, 3.05) is 26.7 Å². The van der Waals surface area contributed by atoms with E-state index < -0.39 is 11.6 Å². The van der Waals surface area contributed by atoms with E-state index in [-0.39, 0.29) is 17.7 Å². The number of unbranched alkanes of at least 4 members (excludes halogenated alkanes) is 1. The molecule has 3 amide bonds. The lowest BCUT2D eigenvalue weighted by Gasteiger charge is -2.51. The molecule has 5 rings (SSSR count). The van der Waals surface area contributed by atoms with Crippen molar-refractivity contribution < 1.29 is 23.9 Å². The molecule has 0 aliphatic carbocycles. The topological polar surface area (TPSA) is 118 Å². The predicted octanol–water partition coefficient (Wildman–Crippen LogP) is 3.18. The molecule has 0 bridgehead atoms. The zero-order valence-electron chi connectivity index (χ0n) is 24.8. The second-order valence-corrected chi connectivity index (χ2v) is 11.3. The molecule has 0 saturated carbocycles. The van der Waals surface area contributed by atoms with Gasteiger partial charge in [0.1, 0.15) is 23.1 Å². The minimum Gasteiger partial charge on any atom is -0.619 e. The number of aromatic nitrogens is 1. The van der Waals surface area contributed by atoms with Gasteiger partial charge in [0.2, 0.25) is 11.8 Å². The van der Waals surface area contributed by atoms with Gasteiger partial charge in [0.15, 0.2) is 12.4 Å². The lowest BCUT2D eigenvalue weighted by atomic mass is 9.81. The first-order valence-corrected chi connectivity index (χ1v) is 14.9. The van der Waals surface area contributed by atoms with Crippen LogP contribution in [0.1, 0.15) is 54.1 Å². The third-order valence-corrected chi connectivity index (χ3v) is 8.41. The number of amides is 3. The average molecular weight is 586 g/mol. The third kappa shape index (κ3) is 6.80. The van der Waals surface area contributed by atoms with Gasteiger partial charge in [-0.1, -0.05) is 25.5 Å². The second-order valence-electron chi connectivity index (χ2n) is 11.3. The number of likely N-dealkylation sites (tertiary alicyclic amines) is 1. The van der Waals surface area contributed by atoms with E-state index in [1.165, 1.54) is 12.4 Å². The summed E-state index contributed by atoms with van der Waals surface area (Å²) < 4.78 is 6.65. The molecule has 2 N–H and O–H groups in total. The first kappa shape index (κ1) is 30.0. The fourth-order valence-electron chi connectivity index (χ4n) is 5.97. The SMILES string of the molecule is CCCCN1C(=O)C(Cc2ccc[n+]([O-])c2)NC(=O)C12CCN(Cc1ccc(Oc3ccc(C(=O)NC)cc3)cc1)CC2. The zero-order valence-corrected chi connectivity index (χ0v) is 24.8. The van der Waals surface area contributed by atoms with E-state index in [0.29, 0.717) is 66.3 Å². The first-order valence-electron chi connectivity index (χ1n) is 14.9. The molecule has 2 aliphatic heterocycles. The smallest absolute Gasteiger partial charge is 0.251 e. The highest BCUT2D eigenvalue weighted by Crippen LogP contribution is 2.34. The van der Waals surface area contributed by atoms with Crippen molar-refractivity contribution in [1.29, 1.82) is 0 Å². The van der Waals surface area contributed by atoms with E-state index in [4.69, 9.17) is 4.74 Å². The number of carbonyl (C=O) groups excluding carboxylic acids is 3. The van der Waals surface area contributed by atoms with Gasteiger partial charge in [-0.25, -0.2) is 0 Å². The summed E-state index contributed by atoms with van der Waals surface area (Å²) in [5.41, 5.74) is 1.57. The Hall–Kier alpha value is -4.44. The summed E-state index contributed by atoms with van der Waals surface area (Å²) in [6, 6.07) is 17.7. The summed E-state index contributed by atoms with van der Waals surface area (Å²) in [6.45, 7) is 4.74. The predicted molar refractivity (Wildman–Crippen MR) is 161 cm³/mol. The fourth-order valence-corrected chi connectivity index (χ4v) is 5.97. The molecule has 0 radical (unpaired) electrons. The largest absolute Gasteiger partial charge is 0.619 e. The van der Waals surface area contributed by atoms with Crippen molar-refractivity contribution in [3.05, 3.63) is 95.0 Å². The van der Waals surface area contributed by atoms with Crippen molar-refractivity contribution in [2.24, 2.45) is 0 Å². The number of carbonyl (C=O) groups is 3. The van der Waals surface area contributed by atoms with Crippen LogP contribution < -0.4 is 20.1 Å². The van der Waals surface area contributed by atoms with Crippen LogP contribution >= 0.6 is 0 Å². The van der Waals surface area contributed by atoms with Gasteiger partial charge >= 0.3 is 0 Å². The van der Waals surface area contributed by atoms with E-state index >= 15 is 0 Å². The highest BCUT2D eigenvalue weighted by atomic mass is 16.5. The number of nitrogens with one attached hydrogen (secondary N) is 2. The first-order chi connectivity index (χ1) is 20.8. The van der Waals surface area contributed by atoms with Crippen molar-refractivity contribution in [3.8, 4) is 11.5 Å². The molecule has 10 nitrogen and oxygen atoms in total. The van der Waals surface area contributed by atoms with Crippen LogP contribution in [-0.4, -0.2) is 65.8 Å². The number of hydrogen-bond acceptors (Lipinski definition) is 6. The summed E-state index contributed by atoms with van der Waals surface area (Å²) in [5, 5.41) is 17.3. The minimum absolute atomic E-state index is 0.0679. The molecule has 2 aliphatic rings. The van der Waals surface area contributed by atoms with Crippen LogP contribution in [0.2, 0.25) is 0 Å². The van der Waals surface area contributed by atoms with Gasteiger partial charge < -0.3 is 25.5 Å². The minimum atomic E-state index is -0.848. The molecule has 43 heavy (non-hydrogen) atoms. The van der Waals surface area contributed by atoms with Crippen LogP contribution in [0.4, 0.5) is 0 Å². The van der Waals surface area contributed by atoms with Crippen LogP contribution in [0.5, 0.6) is 11.5 Å². The van der Waals surface area contributed by atoms with Crippen molar-refractivity contribution in [2.45, 2.75) is 57.2 Å². The molecule has 10 heteroatoms. The van der Waals surface area contributed by atoms with E-state index in [2.05, 4.69) is 22.5 Å². The van der Waals surface area contributed by atoms with Crippen molar-refractivity contribution >= 4 is 17.7 Å². The van der Waals surface area contributed by atoms with Gasteiger partial charge in [-0.3, -0.25) is 19.3 Å². The second kappa shape index (κ2) is 13.2. The molecule has 3 aromatic rings. The van der Waals surface area contributed by atoms with Gasteiger partial charge in [-0.15, -0.1) is 0 Å². The van der Waals surface area contributed by atoms with E-state index in [1.54, 1.807) is 43.4 Å². The normalized spacial score (nSPS) is 18.4.